The van der Waals surface area contributed by atoms with Crippen LogP contribution in [0.5, 0.6) is 0 Å². The molecule has 0 aromatic heterocycles. The molecule has 2 rings (SSSR count). The number of para-hydroxylation sites is 1. The standard InChI is InChI=1S/C19H30N2O2/c1-14-7-6-8-15(2)17(14)20-13-16-9-11-21(12-10-16)18(22)23-19(3,4)5/h6-8,16,20H,9-13H2,1-5H3. The highest BCUT2D eigenvalue weighted by molar-refractivity contribution is 5.68. The van der Waals surface area contributed by atoms with Crippen LogP contribution in [0.15, 0.2) is 18.2 Å². The average Bonchev–Trinajstić information content (AvgIpc) is 2.45. The maximum atomic E-state index is 12.1. The Bertz CT molecular complexity index is 521. The predicted molar refractivity (Wildman–Crippen MR) is 94.9 cm³/mol. The Kier molecular flexibility index (Phi) is 5.55. The Morgan fingerprint density at radius 3 is 2.30 bits per heavy atom. The summed E-state index contributed by atoms with van der Waals surface area (Å²) in [7, 11) is 0. The van der Waals surface area contributed by atoms with Gasteiger partial charge in [-0.1, -0.05) is 18.2 Å². The van der Waals surface area contributed by atoms with Gasteiger partial charge in [-0.2, -0.15) is 0 Å². The molecule has 1 aliphatic rings. The summed E-state index contributed by atoms with van der Waals surface area (Å²) in [6, 6.07) is 6.37. The molecule has 1 aliphatic heterocycles. The summed E-state index contributed by atoms with van der Waals surface area (Å²) in [4.78, 5) is 13.9. The van der Waals surface area contributed by atoms with E-state index >= 15 is 0 Å². The number of benzene rings is 1. The fourth-order valence-electron chi connectivity index (χ4n) is 2.99. The van der Waals surface area contributed by atoms with Gasteiger partial charge in [-0.15, -0.1) is 0 Å². The molecule has 23 heavy (non-hydrogen) atoms. The molecule has 0 atom stereocenters. The molecule has 1 heterocycles. The van der Waals surface area contributed by atoms with E-state index in [-0.39, 0.29) is 6.09 Å². The molecular weight excluding hydrogens is 288 g/mol. The fraction of sp³-hybridized carbons (Fsp3) is 0.632. The van der Waals surface area contributed by atoms with Gasteiger partial charge in [-0.3, -0.25) is 0 Å². The molecule has 1 fully saturated rings. The van der Waals surface area contributed by atoms with E-state index in [2.05, 4.69) is 37.4 Å². The van der Waals surface area contributed by atoms with Gasteiger partial charge < -0.3 is 15.0 Å². The van der Waals surface area contributed by atoms with Gasteiger partial charge in [0.1, 0.15) is 5.60 Å². The molecule has 1 saturated heterocycles. The van der Waals surface area contributed by atoms with E-state index in [4.69, 9.17) is 4.74 Å². The number of hydrogen-bond donors (Lipinski definition) is 1. The van der Waals surface area contributed by atoms with E-state index in [1.807, 2.05) is 25.7 Å². The van der Waals surface area contributed by atoms with Crippen molar-refractivity contribution in [3.8, 4) is 0 Å². The summed E-state index contributed by atoms with van der Waals surface area (Å²) in [5, 5.41) is 3.60. The molecule has 4 heteroatoms. The molecule has 0 spiro atoms. The lowest BCUT2D eigenvalue weighted by Gasteiger charge is -2.33. The molecule has 0 unspecified atom stereocenters. The van der Waals surface area contributed by atoms with Crippen LogP contribution in [0.25, 0.3) is 0 Å². The number of rotatable bonds is 3. The van der Waals surface area contributed by atoms with Crippen molar-refractivity contribution >= 4 is 11.8 Å². The summed E-state index contributed by atoms with van der Waals surface area (Å²) in [5.74, 6) is 0.604. The van der Waals surface area contributed by atoms with Crippen molar-refractivity contribution in [3.63, 3.8) is 0 Å². The number of anilines is 1. The summed E-state index contributed by atoms with van der Waals surface area (Å²) < 4.78 is 5.44. The van der Waals surface area contributed by atoms with E-state index in [0.29, 0.717) is 5.92 Å². The van der Waals surface area contributed by atoms with E-state index in [0.717, 1.165) is 32.5 Å². The first-order chi connectivity index (χ1) is 10.8. The Labute approximate surface area is 140 Å². The number of aryl methyl sites for hydroxylation is 2. The Morgan fingerprint density at radius 1 is 1.22 bits per heavy atom. The van der Waals surface area contributed by atoms with Crippen molar-refractivity contribution in [1.82, 2.24) is 4.90 Å². The molecule has 1 aromatic rings. The first-order valence-electron chi connectivity index (χ1n) is 8.54. The largest absolute Gasteiger partial charge is 0.444 e. The lowest BCUT2D eigenvalue weighted by molar-refractivity contribution is 0.0188. The Morgan fingerprint density at radius 2 is 1.78 bits per heavy atom. The number of ether oxygens (including phenoxy) is 1. The van der Waals surface area contributed by atoms with Gasteiger partial charge in [-0.05, 0) is 64.5 Å². The van der Waals surface area contributed by atoms with Crippen LogP contribution >= 0.6 is 0 Å². The first kappa shape index (κ1) is 17.6. The molecule has 4 nitrogen and oxygen atoms in total. The van der Waals surface area contributed by atoms with Gasteiger partial charge in [0, 0.05) is 25.3 Å². The van der Waals surface area contributed by atoms with E-state index in [1.54, 1.807) is 0 Å². The normalized spacial score (nSPS) is 16.3. The smallest absolute Gasteiger partial charge is 0.410 e. The van der Waals surface area contributed by atoms with E-state index in [1.165, 1.54) is 16.8 Å². The molecule has 0 bridgehead atoms. The highest BCUT2D eigenvalue weighted by atomic mass is 16.6. The summed E-state index contributed by atoms with van der Waals surface area (Å²) in [5.41, 5.74) is 3.41. The van der Waals surface area contributed by atoms with Crippen molar-refractivity contribution in [2.45, 2.75) is 53.1 Å². The minimum absolute atomic E-state index is 0.182. The van der Waals surface area contributed by atoms with Crippen LogP contribution in [0, 0.1) is 19.8 Å². The zero-order valence-electron chi connectivity index (χ0n) is 15.1. The monoisotopic (exact) mass is 318 g/mol. The number of hydrogen-bond acceptors (Lipinski definition) is 3. The predicted octanol–water partition coefficient (Wildman–Crippen LogP) is 4.36. The quantitative estimate of drug-likeness (QED) is 0.900. The molecule has 128 valence electrons. The third-order valence-corrected chi connectivity index (χ3v) is 4.31. The van der Waals surface area contributed by atoms with Crippen LogP contribution in [0.2, 0.25) is 0 Å². The Hall–Kier alpha value is -1.71. The molecule has 0 aliphatic carbocycles. The first-order valence-corrected chi connectivity index (χ1v) is 8.54. The third-order valence-electron chi connectivity index (χ3n) is 4.31. The lowest BCUT2D eigenvalue weighted by Crippen LogP contribution is -2.42. The zero-order valence-corrected chi connectivity index (χ0v) is 15.1. The van der Waals surface area contributed by atoms with Crippen LogP contribution < -0.4 is 5.32 Å². The lowest BCUT2D eigenvalue weighted by atomic mass is 9.96. The highest BCUT2D eigenvalue weighted by Crippen LogP contribution is 2.23. The van der Waals surface area contributed by atoms with Crippen molar-refractivity contribution in [2.75, 3.05) is 25.0 Å². The number of carbonyl (C=O) groups is 1. The molecule has 1 N–H and O–H groups in total. The molecule has 1 aromatic carbocycles. The summed E-state index contributed by atoms with van der Waals surface area (Å²) >= 11 is 0. The SMILES string of the molecule is Cc1cccc(C)c1NCC1CCN(C(=O)OC(C)(C)C)CC1. The number of amides is 1. The van der Waals surface area contributed by atoms with Crippen molar-refractivity contribution in [2.24, 2.45) is 5.92 Å². The van der Waals surface area contributed by atoms with Gasteiger partial charge >= 0.3 is 6.09 Å². The second-order valence-electron chi connectivity index (χ2n) is 7.56. The minimum atomic E-state index is -0.419. The maximum Gasteiger partial charge on any atom is 0.410 e. The maximum absolute atomic E-state index is 12.1. The molecule has 0 radical (unpaired) electrons. The number of nitrogens with one attached hydrogen (secondary N) is 1. The second-order valence-corrected chi connectivity index (χ2v) is 7.56. The number of piperidine rings is 1. The van der Waals surface area contributed by atoms with Crippen molar-refractivity contribution < 1.29 is 9.53 Å². The van der Waals surface area contributed by atoms with Crippen molar-refractivity contribution in [3.05, 3.63) is 29.3 Å². The van der Waals surface area contributed by atoms with Gasteiger partial charge in [0.15, 0.2) is 0 Å². The van der Waals surface area contributed by atoms with Crippen LogP contribution in [0.1, 0.15) is 44.7 Å². The number of carbonyl (C=O) groups excluding carboxylic acids is 1. The van der Waals surface area contributed by atoms with Crippen LogP contribution in [-0.2, 0) is 4.74 Å². The zero-order chi connectivity index (χ0) is 17.0. The number of likely N-dealkylation sites (tertiary alicyclic amines) is 1. The molecular formula is C19H30N2O2. The van der Waals surface area contributed by atoms with E-state index in [9.17, 15) is 4.79 Å². The Balaban J connectivity index is 1.80. The summed E-state index contributed by atoms with van der Waals surface area (Å²) in [6.07, 6.45) is 1.87. The average molecular weight is 318 g/mol. The highest BCUT2D eigenvalue weighted by Gasteiger charge is 2.26. The minimum Gasteiger partial charge on any atom is -0.444 e. The van der Waals surface area contributed by atoms with Gasteiger partial charge in [0.25, 0.3) is 0 Å². The second kappa shape index (κ2) is 7.24. The van der Waals surface area contributed by atoms with Gasteiger partial charge in [0.05, 0.1) is 0 Å². The van der Waals surface area contributed by atoms with Crippen LogP contribution in [0.3, 0.4) is 0 Å². The fourth-order valence-corrected chi connectivity index (χ4v) is 2.99. The molecule has 0 saturated carbocycles. The third kappa shape index (κ3) is 5.15. The van der Waals surface area contributed by atoms with Gasteiger partial charge in [0.2, 0.25) is 0 Å². The van der Waals surface area contributed by atoms with Crippen LogP contribution in [0.4, 0.5) is 10.5 Å². The van der Waals surface area contributed by atoms with Crippen LogP contribution in [-0.4, -0.2) is 36.2 Å². The van der Waals surface area contributed by atoms with Gasteiger partial charge in [-0.25, -0.2) is 4.79 Å². The summed E-state index contributed by atoms with van der Waals surface area (Å²) in [6.45, 7) is 12.5. The number of nitrogens with zero attached hydrogens (tertiary/aromatic N) is 1. The topological polar surface area (TPSA) is 41.6 Å². The van der Waals surface area contributed by atoms with Crippen molar-refractivity contribution in [1.29, 1.82) is 0 Å². The van der Waals surface area contributed by atoms with E-state index < -0.39 is 5.60 Å². The molecule has 1 amide bonds.